The van der Waals surface area contributed by atoms with Gasteiger partial charge in [-0.1, -0.05) is 33.6 Å². The highest BCUT2D eigenvalue weighted by atomic mass is 16.5. The lowest BCUT2D eigenvalue weighted by molar-refractivity contribution is 0.0442. The third-order valence-corrected chi connectivity index (χ3v) is 4.42. The largest absolute Gasteiger partial charge is 0.380 e. The zero-order valence-electron chi connectivity index (χ0n) is 13.3. The van der Waals surface area contributed by atoms with Crippen molar-refractivity contribution in [1.29, 1.82) is 0 Å². The molecule has 1 fully saturated rings. The fraction of sp³-hybridized carbons (Fsp3) is 1.00. The lowest BCUT2D eigenvalue weighted by Crippen LogP contribution is -2.53. The molecule has 0 heterocycles. The van der Waals surface area contributed by atoms with Crippen LogP contribution in [0.2, 0.25) is 0 Å². The molecule has 0 spiro atoms. The molecule has 19 heavy (non-hydrogen) atoms. The van der Waals surface area contributed by atoms with Gasteiger partial charge in [-0.15, -0.1) is 0 Å². The molecule has 3 heteroatoms. The van der Waals surface area contributed by atoms with Gasteiger partial charge in [0.1, 0.15) is 0 Å². The second-order valence-electron chi connectivity index (χ2n) is 6.42. The van der Waals surface area contributed by atoms with Gasteiger partial charge in [-0.3, -0.25) is 4.90 Å². The standard InChI is InChI=1S/C16H34N2O/c1-4-10-18(11-13-19-12-7-15(2)3)16(14-17)8-5-6-9-16/h15H,4-14,17H2,1-3H3. The van der Waals surface area contributed by atoms with Crippen molar-refractivity contribution in [3.8, 4) is 0 Å². The Bertz CT molecular complexity index is 225. The second kappa shape index (κ2) is 8.93. The molecule has 0 amide bonds. The van der Waals surface area contributed by atoms with Gasteiger partial charge < -0.3 is 10.5 Å². The van der Waals surface area contributed by atoms with Gasteiger partial charge in [0.15, 0.2) is 0 Å². The molecule has 0 saturated heterocycles. The Morgan fingerprint density at radius 2 is 1.84 bits per heavy atom. The summed E-state index contributed by atoms with van der Waals surface area (Å²) in [6.07, 6.45) is 7.59. The van der Waals surface area contributed by atoms with Crippen LogP contribution in [0.25, 0.3) is 0 Å². The summed E-state index contributed by atoms with van der Waals surface area (Å²) in [5, 5.41) is 0. The van der Waals surface area contributed by atoms with Crippen LogP contribution >= 0.6 is 0 Å². The van der Waals surface area contributed by atoms with Crippen molar-refractivity contribution >= 4 is 0 Å². The Morgan fingerprint density at radius 1 is 1.16 bits per heavy atom. The van der Waals surface area contributed by atoms with E-state index in [0.29, 0.717) is 0 Å². The molecule has 0 atom stereocenters. The third kappa shape index (κ3) is 5.41. The van der Waals surface area contributed by atoms with E-state index in [1.165, 1.54) is 32.1 Å². The summed E-state index contributed by atoms with van der Waals surface area (Å²) >= 11 is 0. The van der Waals surface area contributed by atoms with Gasteiger partial charge in [0.05, 0.1) is 6.61 Å². The molecular formula is C16H34N2O. The molecule has 0 radical (unpaired) electrons. The van der Waals surface area contributed by atoms with E-state index in [4.69, 9.17) is 10.5 Å². The molecular weight excluding hydrogens is 236 g/mol. The first-order chi connectivity index (χ1) is 9.14. The van der Waals surface area contributed by atoms with Crippen LogP contribution in [0, 0.1) is 5.92 Å². The molecule has 0 aromatic rings. The zero-order valence-corrected chi connectivity index (χ0v) is 13.3. The molecule has 0 aromatic carbocycles. The van der Waals surface area contributed by atoms with Crippen molar-refractivity contribution < 1.29 is 4.74 Å². The summed E-state index contributed by atoms with van der Waals surface area (Å²) in [6.45, 7) is 11.5. The summed E-state index contributed by atoms with van der Waals surface area (Å²) in [7, 11) is 0. The predicted octanol–water partition coefficient (Wildman–Crippen LogP) is 3.03. The molecule has 114 valence electrons. The maximum atomic E-state index is 6.09. The maximum Gasteiger partial charge on any atom is 0.0593 e. The maximum absolute atomic E-state index is 6.09. The number of rotatable bonds is 10. The molecule has 0 unspecified atom stereocenters. The summed E-state index contributed by atoms with van der Waals surface area (Å²) in [6, 6.07) is 0. The van der Waals surface area contributed by atoms with Crippen LogP contribution in [0.4, 0.5) is 0 Å². The fourth-order valence-corrected chi connectivity index (χ4v) is 3.13. The van der Waals surface area contributed by atoms with Crippen molar-refractivity contribution in [2.45, 2.75) is 64.8 Å². The van der Waals surface area contributed by atoms with E-state index in [1.54, 1.807) is 0 Å². The highest BCUT2D eigenvalue weighted by Gasteiger charge is 2.37. The quantitative estimate of drug-likeness (QED) is 0.620. The van der Waals surface area contributed by atoms with Crippen LogP contribution in [0.3, 0.4) is 0 Å². The highest BCUT2D eigenvalue weighted by molar-refractivity contribution is 4.95. The minimum absolute atomic E-state index is 0.275. The van der Waals surface area contributed by atoms with E-state index in [1.807, 2.05) is 0 Å². The van der Waals surface area contributed by atoms with E-state index in [0.717, 1.165) is 45.2 Å². The molecule has 1 saturated carbocycles. The predicted molar refractivity (Wildman–Crippen MR) is 82.4 cm³/mol. The lowest BCUT2D eigenvalue weighted by Gasteiger charge is -2.40. The Morgan fingerprint density at radius 3 is 2.37 bits per heavy atom. The number of nitrogens with zero attached hydrogens (tertiary/aromatic N) is 1. The van der Waals surface area contributed by atoms with Gasteiger partial charge in [0, 0.05) is 25.2 Å². The summed E-state index contributed by atoms with van der Waals surface area (Å²) in [5.74, 6) is 0.733. The SMILES string of the molecule is CCCN(CCOCCC(C)C)C1(CN)CCCC1. The fourth-order valence-electron chi connectivity index (χ4n) is 3.13. The summed E-state index contributed by atoms with van der Waals surface area (Å²) < 4.78 is 5.79. The van der Waals surface area contributed by atoms with Crippen molar-refractivity contribution in [1.82, 2.24) is 4.90 Å². The normalized spacial score (nSPS) is 18.6. The highest BCUT2D eigenvalue weighted by Crippen LogP contribution is 2.34. The molecule has 2 N–H and O–H groups in total. The average molecular weight is 270 g/mol. The molecule has 1 aliphatic rings. The smallest absolute Gasteiger partial charge is 0.0593 e. The van der Waals surface area contributed by atoms with Gasteiger partial charge in [-0.05, 0) is 38.1 Å². The van der Waals surface area contributed by atoms with Crippen molar-refractivity contribution in [2.75, 3.05) is 32.8 Å². The number of hydrogen-bond donors (Lipinski definition) is 1. The Labute approximate surface area is 119 Å². The second-order valence-corrected chi connectivity index (χ2v) is 6.42. The molecule has 0 aliphatic heterocycles. The molecule has 0 aromatic heterocycles. The minimum Gasteiger partial charge on any atom is -0.380 e. The summed E-state index contributed by atoms with van der Waals surface area (Å²) in [4.78, 5) is 2.61. The van der Waals surface area contributed by atoms with Crippen LogP contribution in [0.1, 0.15) is 59.3 Å². The van der Waals surface area contributed by atoms with E-state index in [9.17, 15) is 0 Å². The van der Waals surface area contributed by atoms with Crippen molar-refractivity contribution in [3.05, 3.63) is 0 Å². The lowest BCUT2D eigenvalue weighted by atomic mass is 9.95. The Hall–Kier alpha value is -0.120. The Balaban J connectivity index is 2.35. The summed E-state index contributed by atoms with van der Waals surface area (Å²) in [5.41, 5.74) is 6.36. The molecule has 1 rings (SSSR count). The van der Waals surface area contributed by atoms with Gasteiger partial charge >= 0.3 is 0 Å². The first-order valence-corrected chi connectivity index (χ1v) is 8.17. The first-order valence-electron chi connectivity index (χ1n) is 8.17. The first kappa shape index (κ1) is 16.9. The number of nitrogens with two attached hydrogens (primary N) is 1. The van der Waals surface area contributed by atoms with Gasteiger partial charge in [-0.25, -0.2) is 0 Å². The van der Waals surface area contributed by atoms with Gasteiger partial charge in [0.2, 0.25) is 0 Å². The van der Waals surface area contributed by atoms with Crippen LogP contribution in [0.5, 0.6) is 0 Å². The van der Waals surface area contributed by atoms with Crippen LogP contribution in [-0.2, 0) is 4.74 Å². The van der Waals surface area contributed by atoms with Crippen molar-refractivity contribution in [2.24, 2.45) is 11.7 Å². The molecule has 1 aliphatic carbocycles. The average Bonchev–Trinajstić information content (AvgIpc) is 2.86. The van der Waals surface area contributed by atoms with E-state index >= 15 is 0 Å². The minimum atomic E-state index is 0.275. The van der Waals surface area contributed by atoms with Gasteiger partial charge in [-0.2, -0.15) is 0 Å². The topological polar surface area (TPSA) is 38.5 Å². The third-order valence-electron chi connectivity index (χ3n) is 4.42. The number of ether oxygens (including phenoxy) is 1. The van der Waals surface area contributed by atoms with E-state index in [2.05, 4.69) is 25.7 Å². The Kier molecular flexibility index (Phi) is 7.96. The molecule has 3 nitrogen and oxygen atoms in total. The van der Waals surface area contributed by atoms with E-state index in [-0.39, 0.29) is 5.54 Å². The zero-order chi connectivity index (χ0) is 14.1. The van der Waals surface area contributed by atoms with Crippen LogP contribution in [-0.4, -0.2) is 43.3 Å². The van der Waals surface area contributed by atoms with Crippen LogP contribution < -0.4 is 5.73 Å². The number of hydrogen-bond acceptors (Lipinski definition) is 3. The molecule has 0 bridgehead atoms. The van der Waals surface area contributed by atoms with Crippen molar-refractivity contribution in [3.63, 3.8) is 0 Å². The van der Waals surface area contributed by atoms with Crippen LogP contribution in [0.15, 0.2) is 0 Å². The van der Waals surface area contributed by atoms with Gasteiger partial charge in [0.25, 0.3) is 0 Å². The monoisotopic (exact) mass is 270 g/mol. The van der Waals surface area contributed by atoms with E-state index < -0.39 is 0 Å².